The highest BCUT2D eigenvalue weighted by Gasteiger charge is 2.24. The van der Waals surface area contributed by atoms with Gasteiger partial charge in [0, 0.05) is 30.3 Å². The molecule has 1 heterocycles. The van der Waals surface area contributed by atoms with Gasteiger partial charge in [0.15, 0.2) is 0 Å². The van der Waals surface area contributed by atoms with Crippen molar-refractivity contribution in [3.8, 4) is 0 Å². The molecule has 6 heteroatoms. The van der Waals surface area contributed by atoms with Gasteiger partial charge in [-0.25, -0.2) is 0 Å². The van der Waals surface area contributed by atoms with Crippen LogP contribution in [-0.4, -0.2) is 48.3 Å². The number of benzene rings is 2. The van der Waals surface area contributed by atoms with Gasteiger partial charge < -0.3 is 15.5 Å². The van der Waals surface area contributed by atoms with E-state index in [0.717, 1.165) is 5.56 Å². The van der Waals surface area contributed by atoms with Crippen molar-refractivity contribution < 1.29 is 14.4 Å². The van der Waals surface area contributed by atoms with Crippen LogP contribution in [0.1, 0.15) is 44.7 Å². The number of hydrogen-bond acceptors (Lipinski definition) is 3. The molecular weight excluding hydrogens is 366 g/mol. The number of hydrogen-bond donors (Lipinski definition) is 2. The van der Waals surface area contributed by atoms with Crippen LogP contribution in [0.4, 0.5) is 0 Å². The quantitative estimate of drug-likeness (QED) is 0.819. The lowest BCUT2D eigenvalue weighted by Crippen LogP contribution is -2.48. The van der Waals surface area contributed by atoms with E-state index in [4.69, 9.17) is 0 Å². The maximum Gasteiger partial charge on any atom is 0.253 e. The largest absolute Gasteiger partial charge is 0.352 e. The Kier molecular flexibility index (Phi) is 6.65. The lowest BCUT2D eigenvalue weighted by Gasteiger charge is -2.32. The molecule has 1 aliphatic rings. The van der Waals surface area contributed by atoms with E-state index in [2.05, 4.69) is 10.6 Å². The molecule has 2 N–H and O–H groups in total. The van der Waals surface area contributed by atoms with Gasteiger partial charge in [-0.1, -0.05) is 24.3 Å². The summed E-state index contributed by atoms with van der Waals surface area (Å²) in [6.07, 6.45) is 1.41. The molecule has 6 nitrogen and oxygen atoms in total. The van der Waals surface area contributed by atoms with Crippen molar-refractivity contribution in [2.24, 2.45) is 0 Å². The van der Waals surface area contributed by atoms with Crippen LogP contribution in [0, 0.1) is 13.8 Å². The van der Waals surface area contributed by atoms with Gasteiger partial charge in [-0.3, -0.25) is 14.4 Å². The van der Waals surface area contributed by atoms with Crippen LogP contribution in [-0.2, 0) is 4.79 Å². The number of nitrogens with zero attached hydrogens (tertiary/aromatic N) is 1. The third-order valence-corrected chi connectivity index (χ3v) is 5.35. The van der Waals surface area contributed by atoms with Gasteiger partial charge in [0.1, 0.15) is 0 Å². The van der Waals surface area contributed by atoms with Crippen molar-refractivity contribution in [3.63, 3.8) is 0 Å². The highest BCUT2D eigenvalue weighted by atomic mass is 16.2. The Morgan fingerprint density at radius 3 is 2.28 bits per heavy atom. The predicted octanol–water partition coefficient (Wildman–Crippen LogP) is 2.45. The normalized spacial score (nSPS) is 14.3. The molecule has 1 fully saturated rings. The van der Waals surface area contributed by atoms with Crippen molar-refractivity contribution in [1.29, 1.82) is 0 Å². The van der Waals surface area contributed by atoms with Crippen LogP contribution in [0.5, 0.6) is 0 Å². The van der Waals surface area contributed by atoms with E-state index in [1.165, 1.54) is 5.56 Å². The first kappa shape index (κ1) is 20.6. The molecule has 0 aliphatic carbocycles. The Morgan fingerprint density at radius 1 is 0.931 bits per heavy atom. The van der Waals surface area contributed by atoms with Crippen LogP contribution >= 0.6 is 0 Å². The fourth-order valence-electron chi connectivity index (χ4n) is 3.41. The Morgan fingerprint density at radius 2 is 1.62 bits per heavy atom. The summed E-state index contributed by atoms with van der Waals surface area (Å²) in [4.78, 5) is 38.7. The fourth-order valence-corrected chi connectivity index (χ4v) is 3.41. The summed E-state index contributed by atoms with van der Waals surface area (Å²) in [5.41, 5.74) is 3.51. The summed E-state index contributed by atoms with van der Waals surface area (Å²) >= 11 is 0. The van der Waals surface area contributed by atoms with Crippen molar-refractivity contribution in [2.45, 2.75) is 32.7 Å². The molecule has 152 valence electrons. The second-order valence-corrected chi connectivity index (χ2v) is 7.48. The molecule has 2 aromatic rings. The van der Waals surface area contributed by atoms with Crippen LogP contribution in [0.15, 0.2) is 48.5 Å². The number of aryl methyl sites for hydroxylation is 2. The molecule has 0 spiro atoms. The summed E-state index contributed by atoms with van der Waals surface area (Å²) in [5.74, 6) is -0.448. The topological polar surface area (TPSA) is 78.5 Å². The average Bonchev–Trinajstić information content (AvgIpc) is 2.74. The summed E-state index contributed by atoms with van der Waals surface area (Å²) < 4.78 is 0. The van der Waals surface area contributed by atoms with E-state index in [-0.39, 0.29) is 30.3 Å². The minimum absolute atomic E-state index is 0.0138. The minimum atomic E-state index is -0.269. The van der Waals surface area contributed by atoms with Gasteiger partial charge in [-0.15, -0.1) is 0 Å². The van der Waals surface area contributed by atoms with Gasteiger partial charge in [0.25, 0.3) is 11.8 Å². The summed E-state index contributed by atoms with van der Waals surface area (Å²) in [6.45, 7) is 5.18. The molecule has 0 unspecified atom stereocenters. The van der Waals surface area contributed by atoms with E-state index in [1.54, 1.807) is 24.3 Å². The highest BCUT2D eigenvalue weighted by molar-refractivity contribution is 5.96. The molecule has 29 heavy (non-hydrogen) atoms. The van der Waals surface area contributed by atoms with E-state index in [9.17, 15) is 14.4 Å². The van der Waals surface area contributed by atoms with Gasteiger partial charge in [0.2, 0.25) is 5.91 Å². The summed E-state index contributed by atoms with van der Waals surface area (Å²) in [6, 6.07) is 14.6. The smallest absolute Gasteiger partial charge is 0.253 e. The van der Waals surface area contributed by atoms with E-state index >= 15 is 0 Å². The van der Waals surface area contributed by atoms with Gasteiger partial charge in [-0.05, 0) is 62.1 Å². The van der Waals surface area contributed by atoms with Gasteiger partial charge in [-0.2, -0.15) is 0 Å². The molecule has 0 bridgehead atoms. The van der Waals surface area contributed by atoms with Crippen LogP contribution in [0.25, 0.3) is 0 Å². The zero-order chi connectivity index (χ0) is 20.8. The van der Waals surface area contributed by atoms with Crippen molar-refractivity contribution in [1.82, 2.24) is 15.5 Å². The third kappa shape index (κ3) is 5.44. The Hall–Kier alpha value is -3.15. The van der Waals surface area contributed by atoms with Gasteiger partial charge in [0.05, 0.1) is 6.54 Å². The molecule has 0 atom stereocenters. The van der Waals surface area contributed by atoms with Crippen LogP contribution in [0.3, 0.4) is 0 Å². The lowest BCUT2D eigenvalue weighted by molar-refractivity contribution is -0.121. The first-order valence-electron chi connectivity index (χ1n) is 9.93. The molecule has 0 saturated carbocycles. The Bertz CT molecular complexity index is 887. The molecule has 1 saturated heterocycles. The molecular formula is C23H27N3O3. The molecule has 3 rings (SSSR count). The highest BCUT2D eigenvalue weighted by Crippen LogP contribution is 2.16. The maximum atomic E-state index is 12.7. The SMILES string of the molecule is Cc1ccc(C(=O)N2CCC(NC(=O)CNC(=O)c3ccccc3)CC2)cc1C. The van der Waals surface area contributed by atoms with Gasteiger partial charge >= 0.3 is 0 Å². The molecule has 1 aliphatic heterocycles. The Labute approximate surface area is 171 Å². The number of carbonyl (C=O) groups excluding carboxylic acids is 3. The first-order valence-corrected chi connectivity index (χ1v) is 9.93. The van der Waals surface area contributed by atoms with Crippen molar-refractivity contribution >= 4 is 17.7 Å². The Balaban J connectivity index is 1.43. The lowest BCUT2D eigenvalue weighted by atomic mass is 10.0. The van der Waals surface area contributed by atoms with E-state index < -0.39 is 0 Å². The fraction of sp³-hybridized carbons (Fsp3) is 0.348. The first-order chi connectivity index (χ1) is 13.9. The van der Waals surface area contributed by atoms with E-state index in [1.807, 2.05) is 43.0 Å². The van der Waals surface area contributed by atoms with Crippen LogP contribution in [0.2, 0.25) is 0 Å². The third-order valence-electron chi connectivity index (χ3n) is 5.35. The number of piperidine rings is 1. The number of amides is 3. The van der Waals surface area contributed by atoms with Crippen molar-refractivity contribution in [2.75, 3.05) is 19.6 Å². The summed E-state index contributed by atoms with van der Waals surface area (Å²) in [5, 5.41) is 5.58. The van der Waals surface area contributed by atoms with Crippen LogP contribution < -0.4 is 10.6 Å². The monoisotopic (exact) mass is 393 g/mol. The molecule has 2 aromatic carbocycles. The second kappa shape index (κ2) is 9.37. The van der Waals surface area contributed by atoms with Crippen molar-refractivity contribution in [3.05, 3.63) is 70.8 Å². The molecule has 0 aromatic heterocycles. The standard InChI is InChI=1S/C23H27N3O3/c1-16-8-9-19(14-17(16)2)23(29)26-12-10-20(11-13-26)25-21(27)15-24-22(28)18-6-4-3-5-7-18/h3-9,14,20H,10-13,15H2,1-2H3,(H,24,28)(H,25,27). The number of nitrogens with one attached hydrogen (secondary N) is 2. The zero-order valence-electron chi connectivity index (χ0n) is 16.9. The summed E-state index contributed by atoms with van der Waals surface area (Å²) in [7, 11) is 0. The second-order valence-electron chi connectivity index (χ2n) is 7.48. The molecule has 3 amide bonds. The maximum absolute atomic E-state index is 12.7. The molecule has 0 radical (unpaired) electrons. The van der Waals surface area contributed by atoms with E-state index in [0.29, 0.717) is 37.1 Å². The minimum Gasteiger partial charge on any atom is -0.352 e. The average molecular weight is 393 g/mol. The zero-order valence-corrected chi connectivity index (χ0v) is 16.9. The predicted molar refractivity (Wildman–Crippen MR) is 112 cm³/mol. The number of carbonyl (C=O) groups is 3. The number of likely N-dealkylation sites (tertiary alicyclic amines) is 1. The number of rotatable bonds is 5.